The molecule has 0 atom stereocenters. The Morgan fingerprint density at radius 3 is 2.58 bits per heavy atom. The highest BCUT2D eigenvalue weighted by atomic mass is 19.4. The quantitative estimate of drug-likeness (QED) is 0.364. The number of alkyl halides is 3. The molecule has 0 saturated carbocycles. The van der Waals surface area contributed by atoms with Crippen molar-refractivity contribution in [1.82, 2.24) is 19.7 Å². The van der Waals surface area contributed by atoms with Gasteiger partial charge in [-0.15, -0.1) is 0 Å². The van der Waals surface area contributed by atoms with Gasteiger partial charge in [0.2, 0.25) is 0 Å². The van der Waals surface area contributed by atoms with Gasteiger partial charge in [-0.05, 0) is 6.07 Å². The predicted octanol–water partition coefficient (Wildman–Crippen LogP) is 0.776. The molecule has 2 heterocycles. The van der Waals surface area contributed by atoms with Gasteiger partial charge >= 0.3 is 6.18 Å². The maximum absolute atomic E-state index is 12.4. The van der Waals surface area contributed by atoms with Crippen LogP contribution in [-0.2, 0) is 6.18 Å². The summed E-state index contributed by atoms with van der Waals surface area (Å²) in [6, 6.07) is 0.782. The van der Waals surface area contributed by atoms with Crippen LogP contribution < -0.4 is 5.73 Å². The van der Waals surface area contributed by atoms with Crippen molar-refractivity contribution >= 4 is 5.84 Å². The highest BCUT2D eigenvalue weighted by Gasteiger charge is 2.34. The minimum atomic E-state index is -4.57. The zero-order valence-corrected chi connectivity index (χ0v) is 9.20. The van der Waals surface area contributed by atoms with E-state index >= 15 is 0 Å². The van der Waals surface area contributed by atoms with Crippen molar-refractivity contribution < 1.29 is 18.4 Å². The molecule has 10 heteroatoms. The third kappa shape index (κ3) is 2.46. The van der Waals surface area contributed by atoms with Gasteiger partial charge in [0.05, 0.1) is 0 Å². The third-order valence-corrected chi connectivity index (χ3v) is 2.13. The van der Waals surface area contributed by atoms with Gasteiger partial charge in [0.15, 0.2) is 23.0 Å². The molecule has 0 aliphatic heterocycles. The van der Waals surface area contributed by atoms with Crippen LogP contribution in [0, 0.1) is 0 Å². The Morgan fingerprint density at radius 1 is 1.32 bits per heavy atom. The summed E-state index contributed by atoms with van der Waals surface area (Å²) in [7, 11) is 0. The van der Waals surface area contributed by atoms with Gasteiger partial charge in [0.1, 0.15) is 0 Å². The summed E-state index contributed by atoms with van der Waals surface area (Å²) in [5.74, 6) is -0.458. The van der Waals surface area contributed by atoms with Crippen LogP contribution >= 0.6 is 0 Å². The fourth-order valence-corrected chi connectivity index (χ4v) is 1.32. The van der Waals surface area contributed by atoms with E-state index < -0.39 is 11.9 Å². The lowest BCUT2D eigenvalue weighted by atomic mass is 10.4. The fraction of sp³-hybridized carbons (Fsp3) is 0.111. The number of hydrogen-bond donors (Lipinski definition) is 2. The maximum atomic E-state index is 12.4. The van der Waals surface area contributed by atoms with Crippen molar-refractivity contribution in [3.05, 3.63) is 36.0 Å². The normalized spacial score (nSPS) is 12.7. The average Bonchev–Trinajstić information content (AvgIpc) is 2.87. The number of aromatic nitrogens is 4. The Hall–Kier alpha value is -2.65. The minimum Gasteiger partial charge on any atom is -0.409 e. The zero-order valence-electron chi connectivity index (χ0n) is 9.20. The van der Waals surface area contributed by atoms with Crippen molar-refractivity contribution in [2.24, 2.45) is 10.9 Å². The Labute approximate surface area is 104 Å². The number of rotatable bonds is 2. The summed E-state index contributed by atoms with van der Waals surface area (Å²) in [6.07, 6.45) is -1.01. The summed E-state index contributed by atoms with van der Waals surface area (Å²) >= 11 is 0. The average molecular weight is 272 g/mol. The van der Waals surface area contributed by atoms with Crippen LogP contribution in [0.1, 0.15) is 11.4 Å². The van der Waals surface area contributed by atoms with Gasteiger partial charge in [-0.25, -0.2) is 14.6 Å². The number of oxime groups is 1. The van der Waals surface area contributed by atoms with E-state index in [1.54, 1.807) is 0 Å². The molecule has 2 aromatic heterocycles. The van der Waals surface area contributed by atoms with Gasteiger partial charge in [-0.1, -0.05) is 5.16 Å². The van der Waals surface area contributed by atoms with Crippen molar-refractivity contribution in [3.8, 4) is 5.82 Å². The standard InChI is InChI=1S/C9H7F3N6O/c10-9(11,12)5-1-4-18(16-5)8-6(7(13)17-19)14-2-3-15-8/h1-4,19H,(H2,13,17). The molecule has 0 saturated heterocycles. The topological polar surface area (TPSA) is 102 Å². The molecule has 0 aliphatic rings. The SMILES string of the molecule is NC(=NO)c1nccnc1-n1ccc(C(F)(F)F)n1. The monoisotopic (exact) mass is 272 g/mol. The molecule has 0 radical (unpaired) electrons. The first kappa shape index (κ1) is 12.8. The van der Waals surface area contributed by atoms with Crippen molar-refractivity contribution in [2.45, 2.75) is 6.18 Å². The first-order chi connectivity index (χ1) is 8.93. The highest BCUT2D eigenvalue weighted by Crippen LogP contribution is 2.27. The summed E-state index contributed by atoms with van der Waals surface area (Å²) < 4.78 is 38.2. The summed E-state index contributed by atoms with van der Waals surface area (Å²) in [6.45, 7) is 0. The molecular weight excluding hydrogens is 265 g/mol. The van der Waals surface area contributed by atoms with E-state index in [9.17, 15) is 13.2 Å². The van der Waals surface area contributed by atoms with Crippen LogP contribution in [0.2, 0.25) is 0 Å². The molecule has 0 fully saturated rings. The van der Waals surface area contributed by atoms with Crippen LogP contribution in [0.4, 0.5) is 13.2 Å². The molecule has 0 amide bonds. The van der Waals surface area contributed by atoms with Crippen LogP contribution in [0.25, 0.3) is 5.82 Å². The fourth-order valence-electron chi connectivity index (χ4n) is 1.32. The van der Waals surface area contributed by atoms with Crippen molar-refractivity contribution in [2.75, 3.05) is 0 Å². The Kier molecular flexibility index (Phi) is 3.07. The van der Waals surface area contributed by atoms with Crippen LogP contribution in [0.5, 0.6) is 0 Å². The molecule has 0 aliphatic carbocycles. The molecule has 0 spiro atoms. The minimum absolute atomic E-state index is 0.0756. The van der Waals surface area contributed by atoms with Gasteiger partial charge in [-0.3, -0.25) is 0 Å². The van der Waals surface area contributed by atoms with Crippen LogP contribution in [0.15, 0.2) is 29.8 Å². The van der Waals surface area contributed by atoms with E-state index in [0.717, 1.165) is 16.9 Å². The molecule has 0 bridgehead atoms. The van der Waals surface area contributed by atoms with Gasteiger partial charge in [0, 0.05) is 18.6 Å². The third-order valence-electron chi connectivity index (χ3n) is 2.13. The van der Waals surface area contributed by atoms with Gasteiger partial charge in [0.25, 0.3) is 0 Å². The predicted molar refractivity (Wildman–Crippen MR) is 56.7 cm³/mol. The summed E-state index contributed by atoms with van der Waals surface area (Å²) in [5.41, 5.74) is 4.20. The van der Waals surface area contributed by atoms with Crippen molar-refractivity contribution in [1.29, 1.82) is 0 Å². The second-order valence-corrected chi connectivity index (χ2v) is 3.36. The maximum Gasteiger partial charge on any atom is 0.435 e. The second kappa shape index (κ2) is 4.55. The molecule has 100 valence electrons. The Balaban J connectivity index is 2.51. The molecule has 19 heavy (non-hydrogen) atoms. The summed E-state index contributed by atoms with van der Waals surface area (Å²) in [5, 5.41) is 14.6. The van der Waals surface area contributed by atoms with E-state index in [1.165, 1.54) is 12.4 Å². The first-order valence-electron chi connectivity index (χ1n) is 4.85. The van der Waals surface area contributed by atoms with E-state index in [1.807, 2.05) is 0 Å². The van der Waals surface area contributed by atoms with E-state index in [2.05, 4.69) is 20.2 Å². The first-order valence-corrected chi connectivity index (χ1v) is 4.85. The molecule has 3 N–H and O–H groups in total. The van der Waals surface area contributed by atoms with Crippen molar-refractivity contribution in [3.63, 3.8) is 0 Å². The molecule has 0 aromatic carbocycles. The number of hydrogen-bond acceptors (Lipinski definition) is 5. The lowest BCUT2D eigenvalue weighted by Crippen LogP contribution is -2.19. The second-order valence-electron chi connectivity index (χ2n) is 3.36. The molecular formula is C9H7F3N6O. The number of halogens is 3. The lowest BCUT2D eigenvalue weighted by Gasteiger charge is -2.05. The summed E-state index contributed by atoms with van der Waals surface area (Å²) in [4.78, 5) is 7.59. The lowest BCUT2D eigenvalue weighted by molar-refractivity contribution is -0.141. The molecule has 2 rings (SSSR count). The van der Waals surface area contributed by atoms with E-state index in [-0.39, 0.29) is 17.3 Å². The van der Waals surface area contributed by atoms with E-state index in [4.69, 9.17) is 10.9 Å². The molecule has 2 aromatic rings. The molecule has 0 unspecified atom stereocenters. The Bertz CT molecular complexity index is 620. The Morgan fingerprint density at radius 2 is 2.00 bits per heavy atom. The number of amidine groups is 1. The van der Waals surface area contributed by atoms with Gasteiger partial charge in [-0.2, -0.15) is 18.3 Å². The van der Waals surface area contributed by atoms with Crippen LogP contribution in [0.3, 0.4) is 0 Å². The van der Waals surface area contributed by atoms with Gasteiger partial charge < -0.3 is 10.9 Å². The zero-order chi connectivity index (χ0) is 14.0. The number of nitrogens with zero attached hydrogens (tertiary/aromatic N) is 5. The number of nitrogens with two attached hydrogens (primary N) is 1. The van der Waals surface area contributed by atoms with Crippen LogP contribution in [-0.4, -0.2) is 30.8 Å². The van der Waals surface area contributed by atoms with E-state index in [0.29, 0.717) is 0 Å². The smallest absolute Gasteiger partial charge is 0.409 e. The molecule has 7 nitrogen and oxygen atoms in total. The largest absolute Gasteiger partial charge is 0.435 e. The highest BCUT2D eigenvalue weighted by molar-refractivity contribution is 5.97.